The number of aliphatic hydroxyl groups excluding tert-OH is 1. The van der Waals surface area contributed by atoms with Gasteiger partial charge in [-0.2, -0.15) is 0 Å². The molecule has 0 aliphatic rings. The summed E-state index contributed by atoms with van der Waals surface area (Å²) in [6.45, 7) is 5.26. The molecule has 2 unspecified atom stereocenters. The van der Waals surface area contributed by atoms with Crippen molar-refractivity contribution < 1.29 is 9.84 Å². The van der Waals surface area contributed by atoms with Crippen LogP contribution < -0.4 is 4.74 Å². The molecular formula is C15H25NO2. The van der Waals surface area contributed by atoms with Crippen LogP contribution in [0.25, 0.3) is 0 Å². The highest BCUT2D eigenvalue weighted by Crippen LogP contribution is 2.22. The molecule has 1 aromatic rings. The first-order chi connectivity index (χ1) is 8.60. The predicted octanol–water partition coefficient (Wildman–Crippen LogP) is 2.85. The smallest absolute Gasteiger partial charge is 0.118 e. The fourth-order valence-electron chi connectivity index (χ4n) is 1.93. The highest BCUT2D eigenvalue weighted by Gasteiger charge is 2.19. The Morgan fingerprint density at radius 2 is 1.89 bits per heavy atom. The molecule has 0 spiro atoms. The van der Waals surface area contributed by atoms with Crippen LogP contribution in [0.1, 0.15) is 38.4 Å². The van der Waals surface area contributed by atoms with Crippen LogP contribution in [-0.4, -0.2) is 36.8 Å². The van der Waals surface area contributed by atoms with Crippen LogP contribution in [0.2, 0.25) is 0 Å². The molecule has 1 aromatic carbocycles. The van der Waals surface area contributed by atoms with E-state index in [1.54, 1.807) is 7.11 Å². The van der Waals surface area contributed by atoms with E-state index in [9.17, 15) is 5.11 Å². The molecule has 0 saturated carbocycles. The second-order valence-electron chi connectivity index (χ2n) is 4.79. The van der Waals surface area contributed by atoms with Crippen molar-refractivity contribution in [2.45, 2.75) is 38.8 Å². The second-order valence-corrected chi connectivity index (χ2v) is 4.79. The number of ether oxygens (including phenoxy) is 1. The van der Waals surface area contributed by atoms with Gasteiger partial charge in [-0.1, -0.05) is 25.5 Å². The van der Waals surface area contributed by atoms with Gasteiger partial charge in [-0.05, 0) is 44.6 Å². The van der Waals surface area contributed by atoms with Crippen LogP contribution in [0.4, 0.5) is 0 Å². The number of hydrogen-bond donors (Lipinski definition) is 1. The van der Waals surface area contributed by atoms with Crippen molar-refractivity contribution >= 4 is 0 Å². The third-order valence-corrected chi connectivity index (χ3v) is 3.47. The standard InChI is InChI=1S/C15H25NO2/c1-5-6-11-16(3)12(2)15(17)13-7-9-14(18-4)10-8-13/h7-10,12,15,17H,5-6,11H2,1-4H3. The maximum Gasteiger partial charge on any atom is 0.118 e. The van der Waals surface area contributed by atoms with E-state index in [0.717, 1.165) is 24.3 Å². The topological polar surface area (TPSA) is 32.7 Å². The largest absolute Gasteiger partial charge is 0.497 e. The molecule has 0 heterocycles. The summed E-state index contributed by atoms with van der Waals surface area (Å²) < 4.78 is 5.12. The maximum atomic E-state index is 10.3. The quantitative estimate of drug-likeness (QED) is 0.809. The first-order valence-electron chi connectivity index (χ1n) is 6.62. The molecular weight excluding hydrogens is 226 g/mol. The highest BCUT2D eigenvalue weighted by molar-refractivity contribution is 5.28. The minimum absolute atomic E-state index is 0.116. The van der Waals surface area contributed by atoms with Gasteiger partial charge in [-0.25, -0.2) is 0 Å². The number of unbranched alkanes of at least 4 members (excludes halogenated alkanes) is 1. The molecule has 0 aromatic heterocycles. The number of hydrogen-bond acceptors (Lipinski definition) is 3. The van der Waals surface area contributed by atoms with E-state index >= 15 is 0 Å². The lowest BCUT2D eigenvalue weighted by Gasteiger charge is -2.29. The van der Waals surface area contributed by atoms with Crippen molar-refractivity contribution in [2.24, 2.45) is 0 Å². The molecule has 3 nitrogen and oxygen atoms in total. The summed E-state index contributed by atoms with van der Waals surface area (Å²) in [7, 11) is 3.71. The summed E-state index contributed by atoms with van der Waals surface area (Å²) in [5, 5.41) is 10.3. The number of rotatable bonds is 7. The van der Waals surface area contributed by atoms with Crippen LogP contribution in [0, 0.1) is 0 Å². The lowest BCUT2D eigenvalue weighted by molar-refractivity contribution is 0.0719. The molecule has 0 bridgehead atoms. The third-order valence-electron chi connectivity index (χ3n) is 3.47. The van der Waals surface area contributed by atoms with E-state index in [0.29, 0.717) is 0 Å². The average molecular weight is 251 g/mol. The van der Waals surface area contributed by atoms with Gasteiger partial charge in [0.1, 0.15) is 5.75 Å². The predicted molar refractivity (Wildman–Crippen MR) is 75.0 cm³/mol. The zero-order chi connectivity index (χ0) is 13.5. The number of benzene rings is 1. The van der Waals surface area contributed by atoms with E-state index < -0.39 is 6.10 Å². The summed E-state index contributed by atoms with van der Waals surface area (Å²) in [6.07, 6.45) is 1.88. The monoisotopic (exact) mass is 251 g/mol. The van der Waals surface area contributed by atoms with Crippen molar-refractivity contribution in [3.05, 3.63) is 29.8 Å². The molecule has 0 aliphatic heterocycles. The fraction of sp³-hybridized carbons (Fsp3) is 0.600. The SMILES string of the molecule is CCCCN(C)C(C)C(O)c1ccc(OC)cc1. The van der Waals surface area contributed by atoms with Gasteiger partial charge < -0.3 is 14.7 Å². The van der Waals surface area contributed by atoms with E-state index in [4.69, 9.17) is 4.74 Å². The molecule has 0 radical (unpaired) electrons. The van der Waals surface area contributed by atoms with Gasteiger partial charge in [0.05, 0.1) is 13.2 Å². The van der Waals surface area contributed by atoms with Gasteiger partial charge in [0.15, 0.2) is 0 Å². The number of likely N-dealkylation sites (N-methyl/N-ethyl adjacent to an activating group) is 1. The summed E-state index contributed by atoms with van der Waals surface area (Å²) in [6, 6.07) is 7.74. The highest BCUT2D eigenvalue weighted by atomic mass is 16.5. The van der Waals surface area contributed by atoms with Crippen molar-refractivity contribution in [2.75, 3.05) is 20.7 Å². The first-order valence-corrected chi connectivity index (χ1v) is 6.62. The van der Waals surface area contributed by atoms with Crippen molar-refractivity contribution in [3.63, 3.8) is 0 Å². The zero-order valence-electron chi connectivity index (χ0n) is 11.9. The fourth-order valence-corrected chi connectivity index (χ4v) is 1.93. The molecule has 1 rings (SSSR count). The van der Waals surface area contributed by atoms with E-state index in [2.05, 4.69) is 25.8 Å². The maximum absolute atomic E-state index is 10.3. The Bertz CT molecular complexity index is 337. The minimum atomic E-state index is -0.460. The molecule has 0 fully saturated rings. The summed E-state index contributed by atoms with van der Waals surface area (Å²) >= 11 is 0. The Morgan fingerprint density at radius 1 is 1.28 bits per heavy atom. The zero-order valence-corrected chi connectivity index (χ0v) is 11.9. The van der Waals surface area contributed by atoms with Gasteiger partial charge in [0, 0.05) is 6.04 Å². The molecule has 1 N–H and O–H groups in total. The van der Waals surface area contributed by atoms with Gasteiger partial charge in [0.25, 0.3) is 0 Å². The molecule has 0 saturated heterocycles. The molecule has 0 amide bonds. The van der Waals surface area contributed by atoms with Crippen LogP contribution in [0.3, 0.4) is 0 Å². The lowest BCUT2D eigenvalue weighted by Crippen LogP contribution is -2.35. The molecule has 18 heavy (non-hydrogen) atoms. The first kappa shape index (κ1) is 15.0. The van der Waals surface area contributed by atoms with Crippen molar-refractivity contribution in [1.82, 2.24) is 4.90 Å². The Morgan fingerprint density at radius 3 is 2.39 bits per heavy atom. The molecule has 102 valence electrons. The number of aliphatic hydroxyl groups is 1. The second kappa shape index (κ2) is 7.39. The van der Waals surface area contributed by atoms with Crippen LogP contribution in [0.5, 0.6) is 5.75 Å². The van der Waals surface area contributed by atoms with E-state index in [-0.39, 0.29) is 6.04 Å². The lowest BCUT2D eigenvalue weighted by atomic mass is 10.0. The van der Waals surface area contributed by atoms with Gasteiger partial charge >= 0.3 is 0 Å². The van der Waals surface area contributed by atoms with Crippen molar-refractivity contribution in [3.8, 4) is 5.75 Å². The van der Waals surface area contributed by atoms with Crippen molar-refractivity contribution in [1.29, 1.82) is 0 Å². The Kier molecular flexibility index (Phi) is 6.16. The van der Waals surface area contributed by atoms with Crippen LogP contribution in [0.15, 0.2) is 24.3 Å². The van der Waals surface area contributed by atoms with Crippen LogP contribution >= 0.6 is 0 Å². The third kappa shape index (κ3) is 4.00. The number of nitrogens with zero attached hydrogens (tertiary/aromatic N) is 1. The molecule has 3 heteroatoms. The van der Waals surface area contributed by atoms with Gasteiger partial charge in [-0.3, -0.25) is 0 Å². The Labute approximate surface area is 110 Å². The van der Waals surface area contributed by atoms with Gasteiger partial charge in [-0.15, -0.1) is 0 Å². The summed E-state index contributed by atoms with van der Waals surface area (Å²) in [5.41, 5.74) is 0.937. The van der Waals surface area contributed by atoms with E-state index in [1.165, 1.54) is 6.42 Å². The summed E-state index contributed by atoms with van der Waals surface area (Å²) in [5.74, 6) is 0.818. The molecule has 2 atom stereocenters. The van der Waals surface area contributed by atoms with Gasteiger partial charge in [0.2, 0.25) is 0 Å². The summed E-state index contributed by atoms with van der Waals surface area (Å²) in [4.78, 5) is 2.21. The average Bonchev–Trinajstić information content (AvgIpc) is 2.43. The Hall–Kier alpha value is -1.06. The van der Waals surface area contributed by atoms with E-state index in [1.807, 2.05) is 24.3 Å². The Balaban J connectivity index is 2.63. The normalized spacial score (nSPS) is 14.6. The minimum Gasteiger partial charge on any atom is -0.497 e. The van der Waals surface area contributed by atoms with Crippen LogP contribution in [-0.2, 0) is 0 Å². The molecule has 0 aliphatic carbocycles. The number of methoxy groups -OCH3 is 1.